The van der Waals surface area contributed by atoms with Gasteiger partial charge in [-0.25, -0.2) is 0 Å². The summed E-state index contributed by atoms with van der Waals surface area (Å²) in [6.07, 6.45) is 6.98. The number of benzene rings is 1. The Hall–Kier alpha value is -0.820. The summed E-state index contributed by atoms with van der Waals surface area (Å²) in [4.78, 5) is 0. The summed E-state index contributed by atoms with van der Waals surface area (Å²) >= 11 is 0. The summed E-state index contributed by atoms with van der Waals surface area (Å²) in [5, 5.41) is 3.72. The van der Waals surface area contributed by atoms with E-state index < -0.39 is 0 Å². The predicted octanol–water partition coefficient (Wildman–Crippen LogP) is 3.16. The molecule has 0 radical (unpaired) electrons. The van der Waals surface area contributed by atoms with Crippen LogP contribution in [0.1, 0.15) is 54.3 Å². The number of fused-ring (bicyclic) bond motifs is 1. The van der Waals surface area contributed by atoms with E-state index in [4.69, 9.17) is 0 Å². The molecule has 16 heavy (non-hydrogen) atoms. The highest BCUT2D eigenvalue weighted by atomic mass is 14.9. The number of hydrogen-bond acceptors (Lipinski definition) is 1. The molecule has 1 heterocycles. The van der Waals surface area contributed by atoms with Crippen LogP contribution in [0.25, 0.3) is 0 Å². The lowest BCUT2D eigenvalue weighted by Gasteiger charge is -2.29. The van der Waals surface area contributed by atoms with Crippen molar-refractivity contribution in [3.63, 3.8) is 0 Å². The third-order valence-electron chi connectivity index (χ3n) is 4.43. The van der Waals surface area contributed by atoms with Crippen molar-refractivity contribution in [2.24, 2.45) is 5.92 Å². The fraction of sp³-hybridized carbons (Fsp3) is 0.600. The van der Waals surface area contributed by atoms with Gasteiger partial charge in [-0.15, -0.1) is 0 Å². The van der Waals surface area contributed by atoms with Crippen molar-refractivity contribution in [2.75, 3.05) is 6.54 Å². The topological polar surface area (TPSA) is 12.0 Å². The van der Waals surface area contributed by atoms with Gasteiger partial charge in [0.05, 0.1) is 0 Å². The van der Waals surface area contributed by atoms with Crippen molar-refractivity contribution >= 4 is 0 Å². The van der Waals surface area contributed by atoms with Crippen LogP contribution in [-0.2, 0) is 6.42 Å². The molecular weight excluding hydrogens is 194 g/mol. The van der Waals surface area contributed by atoms with Crippen LogP contribution < -0.4 is 5.32 Å². The first-order valence-corrected chi connectivity index (χ1v) is 6.78. The monoisotopic (exact) mass is 213 g/mol. The van der Waals surface area contributed by atoms with Gasteiger partial charge in [-0.05, 0) is 67.2 Å². The van der Waals surface area contributed by atoms with E-state index in [9.17, 15) is 0 Å². The normalized spacial score (nSPS) is 28.9. The second kappa shape index (κ2) is 3.33. The third kappa shape index (κ3) is 1.41. The Labute approximate surface area is 97.2 Å². The van der Waals surface area contributed by atoms with Crippen LogP contribution in [0, 0.1) is 5.92 Å². The average Bonchev–Trinajstić information content (AvgIpc) is 3.18. The Morgan fingerprint density at radius 3 is 2.56 bits per heavy atom. The first-order valence-electron chi connectivity index (χ1n) is 6.78. The standard InChI is InChI=1S/C15H19N/c1-2-12(10-4-5-10)13-8-9-16-15(11-6-7-11)14(13)3-1/h1-3,10-11,15-16H,4-9H2. The Kier molecular flexibility index (Phi) is 1.92. The second-order valence-electron chi connectivity index (χ2n) is 5.71. The lowest BCUT2D eigenvalue weighted by molar-refractivity contribution is 0.456. The molecule has 84 valence electrons. The SMILES string of the molecule is c1cc(C2CC2)c2c(c1)C(C1CC1)NCC2. The van der Waals surface area contributed by atoms with E-state index in [-0.39, 0.29) is 0 Å². The Morgan fingerprint density at radius 1 is 1.00 bits per heavy atom. The van der Waals surface area contributed by atoms with Crippen LogP contribution in [0.4, 0.5) is 0 Å². The molecule has 0 amide bonds. The molecule has 2 fully saturated rings. The van der Waals surface area contributed by atoms with Gasteiger partial charge in [-0.1, -0.05) is 18.2 Å². The lowest BCUT2D eigenvalue weighted by atomic mass is 9.87. The summed E-state index contributed by atoms with van der Waals surface area (Å²) in [5.74, 6) is 1.85. The van der Waals surface area contributed by atoms with Crippen molar-refractivity contribution in [3.05, 3.63) is 34.9 Å². The van der Waals surface area contributed by atoms with Gasteiger partial charge >= 0.3 is 0 Å². The largest absolute Gasteiger partial charge is 0.309 e. The average molecular weight is 213 g/mol. The molecule has 3 aliphatic rings. The van der Waals surface area contributed by atoms with Crippen molar-refractivity contribution in [3.8, 4) is 0 Å². The molecule has 0 aromatic heterocycles. The summed E-state index contributed by atoms with van der Waals surface area (Å²) < 4.78 is 0. The van der Waals surface area contributed by atoms with Gasteiger partial charge in [0.15, 0.2) is 0 Å². The van der Waals surface area contributed by atoms with E-state index in [2.05, 4.69) is 23.5 Å². The summed E-state index contributed by atoms with van der Waals surface area (Å²) in [7, 11) is 0. The van der Waals surface area contributed by atoms with E-state index >= 15 is 0 Å². The van der Waals surface area contributed by atoms with Gasteiger partial charge in [0.1, 0.15) is 0 Å². The molecule has 1 heteroatoms. The molecule has 0 spiro atoms. The maximum Gasteiger partial charge on any atom is 0.0351 e. The molecule has 0 saturated heterocycles. The smallest absolute Gasteiger partial charge is 0.0351 e. The number of nitrogens with one attached hydrogen (secondary N) is 1. The zero-order valence-electron chi connectivity index (χ0n) is 9.71. The molecule has 2 aliphatic carbocycles. The number of hydrogen-bond donors (Lipinski definition) is 1. The minimum atomic E-state index is 0.683. The summed E-state index contributed by atoms with van der Waals surface area (Å²) in [5.41, 5.74) is 5.03. The Balaban J connectivity index is 1.79. The highest BCUT2D eigenvalue weighted by Gasteiger charge is 2.36. The van der Waals surface area contributed by atoms with E-state index in [1.54, 1.807) is 16.7 Å². The predicted molar refractivity (Wildman–Crippen MR) is 65.6 cm³/mol. The van der Waals surface area contributed by atoms with Crippen LogP contribution >= 0.6 is 0 Å². The lowest BCUT2D eigenvalue weighted by Crippen LogP contribution is -2.31. The van der Waals surface area contributed by atoms with E-state index in [1.165, 1.54) is 38.6 Å². The molecule has 2 saturated carbocycles. The van der Waals surface area contributed by atoms with Crippen LogP contribution in [0.3, 0.4) is 0 Å². The van der Waals surface area contributed by atoms with Crippen molar-refractivity contribution < 1.29 is 0 Å². The van der Waals surface area contributed by atoms with Crippen molar-refractivity contribution in [1.29, 1.82) is 0 Å². The molecule has 1 N–H and O–H groups in total. The Bertz CT molecular complexity index is 415. The van der Waals surface area contributed by atoms with Crippen LogP contribution in [0.2, 0.25) is 0 Å². The highest BCUT2D eigenvalue weighted by Crippen LogP contribution is 2.47. The van der Waals surface area contributed by atoms with E-state index in [0.29, 0.717) is 6.04 Å². The second-order valence-corrected chi connectivity index (χ2v) is 5.71. The van der Waals surface area contributed by atoms with Gasteiger partial charge in [0, 0.05) is 6.04 Å². The maximum atomic E-state index is 3.72. The molecular formula is C15H19N. The van der Waals surface area contributed by atoms with Crippen LogP contribution in [0.15, 0.2) is 18.2 Å². The zero-order valence-corrected chi connectivity index (χ0v) is 9.71. The van der Waals surface area contributed by atoms with Gasteiger partial charge in [-0.2, -0.15) is 0 Å². The van der Waals surface area contributed by atoms with E-state index in [0.717, 1.165) is 11.8 Å². The highest BCUT2D eigenvalue weighted by molar-refractivity contribution is 5.43. The first kappa shape index (κ1) is 9.23. The third-order valence-corrected chi connectivity index (χ3v) is 4.43. The molecule has 1 atom stereocenters. The molecule has 1 aromatic rings. The van der Waals surface area contributed by atoms with Gasteiger partial charge in [0.25, 0.3) is 0 Å². The first-order chi connectivity index (χ1) is 7.93. The van der Waals surface area contributed by atoms with Gasteiger partial charge in [-0.3, -0.25) is 0 Å². The quantitative estimate of drug-likeness (QED) is 0.795. The molecule has 1 nitrogen and oxygen atoms in total. The summed E-state index contributed by atoms with van der Waals surface area (Å²) in [6.45, 7) is 1.19. The van der Waals surface area contributed by atoms with Crippen molar-refractivity contribution in [2.45, 2.75) is 44.1 Å². The van der Waals surface area contributed by atoms with Crippen LogP contribution in [0.5, 0.6) is 0 Å². The zero-order chi connectivity index (χ0) is 10.5. The number of rotatable bonds is 2. The summed E-state index contributed by atoms with van der Waals surface area (Å²) in [6, 6.07) is 7.72. The molecule has 1 aromatic carbocycles. The van der Waals surface area contributed by atoms with Crippen molar-refractivity contribution in [1.82, 2.24) is 5.32 Å². The fourth-order valence-corrected chi connectivity index (χ4v) is 3.29. The fourth-order valence-electron chi connectivity index (χ4n) is 3.29. The maximum absolute atomic E-state index is 3.72. The molecule has 0 bridgehead atoms. The van der Waals surface area contributed by atoms with Gasteiger partial charge < -0.3 is 5.32 Å². The molecule has 4 rings (SSSR count). The minimum Gasteiger partial charge on any atom is -0.309 e. The molecule has 1 unspecified atom stereocenters. The van der Waals surface area contributed by atoms with E-state index in [1.807, 2.05) is 0 Å². The minimum absolute atomic E-state index is 0.683. The Morgan fingerprint density at radius 2 is 1.81 bits per heavy atom. The van der Waals surface area contributed by atoms with Crippen LogP contribution in [-0.4, -0.2) is 6.54 Å². The van der Waals surface area contributed by atoms with Gasteiger partial charge in [0.2, 0.25) is 0 Å². The molecule has 1 aliphatic heterocycles.